The van der Waals surface area contributed by atoms with Gasteiger partial charge in [0.2, 0.25) is 11.8 Å². The molecule has 1 saturated carbocycles. The molecule has 0 bridgehead atoms. The zero-order valence-electron chi connectivity index (χ0n) is 15.5. The number of anilines is 1. The van der Waals surface area contributed by atoms with Crippen LogP contribution in [0.25, 0.3) is 0 Å². The molecule has 6 nitrogen and oxygen atoms in total. The maximum atomic E-state index is 12.5. The van der Waals surface area contributed by atoms with Gasteiger partial charge < -0.3 is 15.5 Å². The molecule has 2 aliphatic rings. The summed E-state index contributed by atoms with van der Waals surface area (Å²) in [6.45, 7) is 2.65. The highest BCUT2D eigenvalue weighted by Gasteiger charge is 2.31. The quantitative estimate of drug-likeness (QED) is 0.734. The van der Waals surface area contributed by atoms with E-state index in [1.807, 2.05) is 17.0 Å². The lowest BCUT2D eigenvalue weighted by Crippen LogP contribution is -2.47. The Morgan fingerprint density at radius 1 is 1.19 bits per heavy atom. The molecule has 1 aromatic heterocycles. The molecule has 1 aromatic rings. The minimum absolute atomic E-state index is 0.0686. The molecule has 1 aliphatic heterocycles. The highest BCUT2D eigenvalue weighted by molar-refractivity contribution is 5.83. The summed E-state index contributed by atoms with van der Waals surface area (Å²) in [6, 6.07) is 3.82. The van der Waals surface area contributed by atoms with Gasteiger partial charge in [0.1, 0.15) is 0 Å². The number of carbonyl (C=O) groups is 2. The van der Waals surface area contributed by atoms with Crippen molar-refractivity contribution in [3.8, 4) is 0 Å². The van der Waals surface area contributed by atoms with Crippen LogP contribution in [0.15, 0.2) is 24.5 Å². The lowest BCUT2D eigenvalue weighted by atomic mass is 9.87. The van der Waals surface area contributed by atoms with Gasteiger partial charge in [-0.2, -0.15) is 0 Å². The van der Waals surface area contributed by atoms with Gasteiger partial charge >= 0.3 is 0 Å². The molecule has 2 amide bonds. The number of hydrogen-bond donors (Lipinski definition) is 2. The second-order valence-electron chi connectivity index (χ2n) is 7.50. The molecule has 2 fully saturated rings. The van der Waals surface area contributed by atoms with Crippen LogP contribution in [-0.2, 0) is 9.59 Å². The molecule has 0 aromatic carbocycles. The second kappa shape index (κ2) is 9.55. The molecular weight excluding hydrogens is 328 g/mol. The van der Waals surface area contributed by atoms with Gasteiger partial charge in [-0.3, -0.25) is 14.6 Å². The summed E-state index contributed by atoms with van der Waals surface area (Å²) in [5.41, 5.74) is 0.948. The van der Waals surface area contributed by atoms with Gasteiger partial charge in [-0.25, -0.2) is 0 Å². The smallest absolute Gasteiger partial charge is 0.224 e. The molecule has 26 heavy (non-hydrogen) atoms. The normalized spacial score (nSPS) is 21.5. The van der Waals surface area contributed by atoms with E-state index < -0.39 is 0 Å². The van der Waals surface area contributed by atoms with Crippen molar-refractivity contribution in [3.05, 3.63) is 24.5 Å². The van der Waals surface area contributed by atoms with Crippen molar-refractivity contribution < 1.29 is 9.59 Å². The summed E-state index contributed by atoms with van der Waals surface area (Å²) in [5, 5.41) is 6.23. The third kappa shape index (κ3) is 5.44. The molecule has 3 rings (SSSR count). The lowest BCUT2D eigenvalue weighted by Gasteiger charge is -2.35. The zero-order chi connectivity index (χ0) is 18.2. The molecule has 0 spiro atoms. The second-order valence-corrected chi connectivity index (χ2v) is 7.50. The Morgan fingerprint density at radius 3 is 2.81 bits per heavy atom. The van der Waals surface area contributed by atoms with Crippen LogP contribution in [0.4, 0.5) is 5.69 Å². The van der Waals surface area contributed by atoms with E-state index in [4.69, 9.17) is 0 Å². The van der Waals surface area contributed by atoms with Crippen LogP contribution in [0, 0.1) is 11.8 Å². The summed E-state index contributed by atoms with van der Waals surface area (Å²) >= 11 is 0. The largest absolute Gasteiger partial charge is 0.382 e. The van der Waals surface area contributed by atoms with Crippen molar-refractivity contribution in [3.63, 3.8) is 0 Å². The average molecular weight is 358 g/mol. The summed E-state index contributed by atoms with van der Waals surface area (Å²) < 4.78 is 0. The highest BCUT2D eigenvalue weighted by atomic mass is 16.2. The fourth-order valence-electron chi connectivity index (χ4n) is 3.99. The summed E-state index contributed by atoms with van der Waals surface area (Å²) in [6.07, 6.45) is 11.0. The Hall–Kier alpha value is -2.11. The maximum absolute atomic E-state index is 12.5. The number of pyridine rings is 1. The number of piperidine rings is 1. The molecule has 1 saturated heterocycles. The maximum Gasteiger partial charge on any atom is 0.224 e. The number of amides is 2. The molecule has 1 aliphatic carbocycles. The molecular formula is C20H30N4O2. The van der Waals surface area contributed by atoms with Crippen LogP contribution in [0.5, 0.6) is 0 Å². The van der Waals surface area contributed by atoms with E-state index in [9.17, 15) is 9.59 Å². The monoisotopic (exact) mass is 358 g/mol. The standard InChI is InChI=1S/C20H30N4O2/c25-19-9-8-17(15-24(19)14-16-5-2-1-3-6-16)20(26)23-12-11-22-18-7-4-10-21-13-18/h4,7,10,13,16-17,22H,1-3,5-6,8-9,11-12,14-15H2,(H,23,26)/t17-/m1/s1. The first-order valence-electron chi connectivity index (χ1n) is 9.92. The van der Waals surface area contributed by atoms with Crippen LogP contribution < -0.4 is 10.6 Å². The molecule has 1 atom stereocenters. The van der Waals surface area contributed by atoms with E-state index in [0.29, 0.717) is 38.4 Å². The Kier molecular flexibility index (Phi) is 6.86. The zero-order valence-corrected chi connectivity index (χ0v) is 15.5. The molecule has 6 heteroatoms. The Labute approximate surface area is 155 Å². The van der Waals surface area contributed by atoms with E-state index in [0.717, 1.165) is 12.2 Å². The summed E-state index contributed by atoms with van der Waals surface area (Å²) in [7, 11) is 0. The third-order valence-electron chi connectivity index (χ3n) is 5.49. The first kappa shape index (κ1) is 18.7. The predicted molar refractivity (Wildman–Crippen MR) is 102 cm³/mol. The van der Waals surface area contributed by atoms with Gasteiger partial charge in [0.25, 0.3) is 0 Å². The number of hydrogen-bond acceptors (Lipinski definition) is 4. The van der Waals surface area contributed by atoms with Gasteiger partial charge in [-0.05, 0) is 37.3 Å². The Bertz CT molecular complexity index is 587. The van der Waals surface area contributed by atoms with E-state index in [1.54, 1.807) is 12.4 Å². The fraction of sp³-hybridized carbons (Fsp3) is 0.650. The molecule has 0 radical (unpaired) electrons. The van der Waals surface area contributed by atoms with Crippen molar-refractivity contribution in [1.29, 1.82) is 0 Å². The van der Waals surface area contributed by atoms with Gasteiger partial charge in [0, 0.05) is 45.0 Å². The number of nitrogens with one attached hydrogen (secondary N) is 2. The number of likely N-dealkylation sites (tertiary alicyclic amines) is 1. The number of rotatable bonds is 7. The Balaban J connectivity index is 1.39. The first-order valence-corrected chi connectivity index (χ1v) is 9.92. The van der Waals surface area contributed by atoms with Crippen molar-refractivity contribution >= 4 is 17.5 Å². The summed E-state index contributed by atoms with van der Waals surface area (Å²) in [5.74, 6) is 0.838. The van der Waals surface area contributed by atoms with Crippen molar-refractivity contribution in [2.45, 2.75) is 44.9 Å². The van der Waals surface area contributed by atoms with Crippen molar-refractivity contribution in [2.75, 3.05) is 31.5 Å². The van der Waals surface area contributed by atoms with E-state index in [-0.39, 0.29) is 17.7 Å². The molecule has 2 N–H and O–H groups in total. The van der Waals surface area contributed by atoms with Crippen molar-refractivity contribution in [1.82, 2.24) is 15.2 Å². The summed E-state index contributed by atoms with van der Waals surface area (Å²) in [4.78, 5) is 30.7. The highest BCUT2D eigenvalue weighted by Crippen LogP contribution is 2.27. The van der Waals surface area contributed by atoms with Gasteiger partial charge in [-0.15, -0.1) is 0 Å². The van der Waals surface area contributed by atoms with E-state index in [2.05, 4.69) is 15.6 Å². The predicted octanol–water partition coefficient (Wildman–Crippen LogP) is 2.43. The molecule has 0 unspecified atom stereocenters. The molecule has 142 valence electrons. The van der Waals surface area contributed by atoms with Gasteiger partial charge in [-0.1, -0.05) is 19.3 Å². The van der Waals surface area contributed by atoms with Gasteiger partial charge in [0.15, 0.2) is 0 Å². The number of carbonyl (C=O) groups excluding carboxylic acids is 2. The van der Waals surface area contributed by atoms with Gasteiger partial charge in [0.05, 0.1) is 11.6 Å². The van der Waals surface area contributed by atoms with E-state index in [1.165, 1.54) is 32.1 Å². The number of nitrogens with zero attached hydrogens (tertiary/aromatic N) is 2. The minimum atomic E-state index is -0.0744. The van der Waals surface area contributed by atoms with E-state index >= 15 is 0 Å². The van der Waals surface area contributed by atoms with Crippen LogP contribution in [0.1, 0.15) is 44.9 Å². The first-order chi connectivity index (χ1) is 12.7. The van der Waals surface area contributed by atoms with Crippen LogP contribution in [-0.4, -0.2) is 47.9 Å². The van der Waals surface area contributed by atoms with Crippen LogP contribution in [0.2, 0.25) is 0 Å². The van der Waals surface area contributed by atoms with Crippen molar-refractivity contribution in [2.24, 2.45) is 11.8 Å². The lowest BCUT2D eigenvalue weighted by molar-refractivity contribution is -0.139. The topological polar surface area (TPSA) is 74.3 Å². The third-order valence-corrected chi connectivity index (χ3v) is 5.49. The van der Waals surface area contributed by atoms with Crippen LogP contribution >= 0.6 is 0 Å². The molecule has 2 heterocycles. The average Bonchev–Trinajstić information content (AvgIpc) is 2.68. The SMILES string of the molecule is O=C(NCCNc1cccnc1)[C@@H]1CCC(=O)N(CC2CCCCC2)C1. The Morgan fingerprint density at radius 2 is 2.04 bits per heavy atom. The number of aromatic nitrogens is 1. The fourth-order valence-corrected chi connectivity index (χ4v) is 3.99. The van der Waals surface area contributed by atoms with Crippen LogP contribution in [0.3, 0.4) is 0 Å². The minimum Gasteiger partial charge on any atom is -0.382 e.